The Morgan fingerprint density at radius 2 is 2.00 bits per heavy atom. The van der Waals surface area contributed by atoms with Crippen molar-refractivity contribution in [2.24, 2.45) is 0 Å². The Labute approximate surface area is 91.0 Å². The average Bonchev–Trinajstić information content (AvgIpc) is 2.17. The van der Waals surface area contributed by atoms with Gasteiger partial charge in [0.15, 0.2) is 0 Å². The monoisotopic (exact) mass is 219 g/mol. The van der Waals surface area contributed by atoms with Gasteiger partial charge in [0, 0.05) is 6.54 Å². The Hall–Kier alpha value is -0.380. The lowest BCUT2D eigenvalue weighted by atomic mass is 10.2. The molecule has 0 aromatic carbocycles. The quantitative estimate of drug-likeness (QED) is 0.638. The SMILES string of the molecule is CCOC(=O)NCCCCCCSC. The first-order chi connectivity index (χ1) is 6.81. The molecule has 4 heteroatoms. The first kappa shape index (κ1) is 13.6. The van der Waals surface area contributed by atoms with Gasteiger partial charge in [0.1, 0.15) is 0 Å². The fourth-order valence-electron chi connectivity index (χ4n) is 1.10. The maximum atomic E-state index is 10.8. The minimum absolute atomic E-state index is 0.295. The number of hydrogen-bond donors (Lipinski definition) is 1. The molecule has 0 aliphatic heterocycles. The van der Waals surface area contributed by atoms with Crippen molar-refractivity contribution < 1.29 is 9.53 Å². The number of amides is 1. The second-order valence-electron chi connectivity index (χ2n) is 3.05. The minimum Gasteiger partial charge on any atom is -0.450 e. The summed E-state index contributed by atoms with van der Waals surface area (Å²) in [5, 5.41) is 2.71. The number of unbranched alkanes of at least 4 members (excludes halogenated alkanes) is 3. The van der Waals surface area contributed by atoms with E-state index in [4.69, 9.17) is 4.74 Å². The molecule has 0 radical (unpaired) electrons. The van der Waals surface area contributed by atoms with E-state index in [0.29, 0.717) is 6.61 Å². The molecule has 0 bridgehead atoms. The third-order valence-electron chi connectivity index (χ3n) is 1.82. The molecular formula is C10H21NO2S. The van der Waals surface area contributed by atoms with Crippen LogP contribution in [0.3, 0.4) is 0 Å². The van der Waals surface area contributed by atoms with Crippen LogP contribution in [-0.4, -0.2) is 31.3 Å². The smallest absolute Gasteiger partial charge is 0.407 e. The van der Waals surface area contributed by atoms with Gasteiger partial charge in [-0.1, -0.05) is 12.8 Å². The van der Waals surface area contributed by atoms with Gasteiger partial charge in [-0.05, 0) is 31.8 Å². The molecule has 0 saturated heterocycles. The molecule has 3 nitrogen and oxygen atoms in total. The third kappa shape index (κ3) is 9.71. The normalized spacial score (nSPS) is 9.86. The van der Waals surface area contributed by atoms with Crippen LogP contribution in [0.1, 0.15) is 32.6 Å². The van der Waals surface area contributed by atoms with E-state index in [1.54, 1.807) is 0 Å². The van der Waals surface area contributed by atoms with Crippen LogP contribution in [0.15, 0.2) is 0 Å². The van der Waals surface area contributed by atoms with Crippen molar-refractivity contribution in [3.8, 4) is 0 Å². The average molecular weight is 219 g/mol. The molecule has 1 amide bonds. The Kier molecular flexibility index (Phi) is 10.4. The van der Waals surface area contributed by atoms with E-state index in [2.05, 4.69) is 11.6 Å². The van der Waals surface area contributed by atoms with E-state index in [1.165, 1.54) is 25.0 Å². The van der Waals surface area contributed by atoms with Crippen molar-refractivity contribution >= 4 is 17.9 Å². The number of carbonyl (C=O) groups excluding carboxylic acids is 1. The summed E-state index contributed by atoms with van der Waals surface area (Å²) in [6, 6.07) is 0. The number of thioether (sulfide) groups is 1. The van der Waals surface area contributed by atoms with E-state index in [0.717, 1.165) is 13.0 Å². The highest BCUT2D eigenvalue weighted by Gasteiger charge is 1.97. The zero-order chi connectivity index (χ0) is 10.6. The lowest BCUT2D eigenvalue weighted by Crippen LogP contribution is -2.25. The first-order valence-electron chi connectivity index (χ1n) is 5.20. The summed E-state index contributed by atoms with van der Waals surface area (Å²) < 4.78 is 4.73. The highest BCUT2D eigenvalue weighted by Crippen LogP contribution is 2.03. The summed E-state index contributed by atoms with van der Waals surface area (Å²) >= 11 is 1.89. The zero-order valence-electron chi connectivity index (χ0n) is 9.17. The van der Waals surface area contributed by atoms with Crippen molar-refractivity contribution in [2.75, 3.05) is 25.2 Å². The number of rotatable bonds is 8. The van der Waals surface area contributed by atoms with Gasteiger partial charge in [-0.25, -0.2) is 4.79 Å². The largest absolute Gasteiger partial charge is 0.450 e. The molecular weight excluding hydrogens is 198 g/mol. The molecule has 1 N–H and O–H groups in total. The summed E-state index contributed by atoms with van der Waals surface area (Å²) in [4.78, 5) is 10.8. The van der Waals surface area contributed by atoms with Gasteiger partial charge < -0.3 is 10.1 Å². The summed E-state index contributed by atoms with van der Waals surface area (Å²) in [6.45, 7) is 2.99. The lowest BCUT2D eigenvalue weighted by Gasteiger charge is -2.04. The number of hydrogen-bond acceptors (Lipinski definition) is 3. The van der Waals surface area contributed by atoms with Gasteiger partial charge in [0.2, 0.25) is 0 Å². The highest BCUT2D eigenvalue weighted by molar-refractivity contribution is 7.98. The lowest BCUT2D eigenvalue weighted by molar-refractivity contribution is 0.152. The van der Waals surface area contributed by atoms with Crippen molar-refractivity contribution in [3.05, 3.63) is 0 Å². The standard InChI is InChI=1S/C10H21NO2S/c1-3-13-10(12)11-8-6-4-5-7-9-14-2/h3-9H2,1-2H3,(H,11,12). The minimum atomic E-state index is -0.295. The van der Waals surface area contributed by atoms with Gasteiger partial charge in [0.25, 0.3) is 0 Å². The van der Waals surface area contributed by atoms with Gasteiger partial charge in [-0.3, -0.25) is 0 Å². The van der Waals surface area contributed by atoms with Crippen LogP contribution >= 0.6 is 11.8 Å². The van der Waals surface area contributed by atoms with Crippen molar-refractivity contribution in [1.82, 2.24) is 5.32 Å². The number of carbonyl (C=O) groups is 1. The molecule has 0 aromatic rings. The van der Waals surface area contributed by atoms with E-state index < -0.39 is 0 Å². The first-order valence-corrected chi connectivity index (χ1v) is 6.60. The van der Waals surface area contributed by atoms with Crippen LogP contribution in [0.5, 0.6) is 0 Å². The fourth-order valence-corrected chi connectivity index (χ4v) is 1.59. The van der Waals surface area contributed by atoms with Crippen LogP contribution in [0, 0.1) is 0 Å². The Morgan fingerprint density at radius 1 is 1.29 bits per heavy atom. The topological polar surface area (TPSA) is 38.3 Å². The van der Waals surface area contributed by atoms with E-state index in [-0.39, 0.29) is 6.09 Å². The van der Waals surface area contributed by atoms with E-state index >= 15 is 0 Å². The molecule has 0 aromatic heterocycles. The molecule has 0 atom stereocenters. The molecule has 0 spiro atoms. The van der Waals surface area contributed by atoms with Crippen LogP contribution in [0.4, 0.5) is 4.79 Å². The van der Waals surface area contributed by atoms with Crippen molar-refractivity contribution in [1.29, 1.82) is 0 Å². The summed E-state index contributed by atoms with van der Waals surface area (Å²) in [6.07, 6.45) is 6.60. The molecule has 0 heterocycles. The second kappa shape index (κ2) is 10.7. The Bertz CT molecular complexity index is 142. The highest BCUT2D eigenvalue weighted by atomic mass is 32.2. The predicted molar refractivity (Wildman–Crippen MR) is 61.9 cm³/mol. The van der Waals surface area contributed by atoms with Gasteiger partial charge in [0.05, 0.1) is 6.61 Å². The molecule has 0 unspecified atom stereocenters. The van der Waals surface area contributed by atoms with Gasteiger partial charge >= 0.3 is 6.09 Å². The molecule has 0 fully saturated rings. The van der Waals surface area contributed by atoms with Crippen LogP contribution < -0.4 is 5.32 Å². The molecule has 0 rings (SSSR count). The number of ether oxygens (including phenoxy) is 1. The number of alkyl carbamates (subject to hydrolysis) is 1. The second-order valence-corrected chi connectivity index (χ2v) is 4.04. The molecule has 0 aliphatic rings. The summed E-state index contributed by atoms with van der Waals surface area (Å²) in [7, 11) is 0. The van der Waals surface area contributed by atoms with Crippen molar-refractivity contribution in [2.45, 2.75) is 32.6 Å². The van der Waals surface area contributed by atoms with Gasteiger partial charge in [-0.2, -0.15) is 11.8 Å². The van der Waals surface area contributed by atoms with E-state index in [9.17, 15) is 4.79 Å². The maximum absolute atomic E-state index is 10.8. The van der Waals surface area contributed by atoms with Gasteiger partial charge in [-0.15, -0.1) is 0 Å². The molecule has 0 saturated carbocycles. The van der Waals surface area contributed by atoms with Crippen LogP contribution in [-0.2, 0) is 4.74 Å². The Balaban J connectivity index is 3.01. The molecule has 84 valence electrons. The predicted octanol–water partition coefficient (Wildman–Crippen LogP) is 2.66. The van der Waals surface area contributed by atoms with Crippen LogP contribution in [0.25, 0.3) is 0 Å². The maximum Gasteiger partial charge on any atom is 0.407 e. The Morgan fingerprint density at radius 3 is 2.64 bits per heavy atom. The molecule has 0 aliphatic carbocycles. The number of nitrogens with one attached hydrogen (secondary N) is 1. The summed E-state index contributed by atoms with van der Waals surface area (Å²) in [5.41, 5.74) is 0. The zero-order valence-corrected chi connectivity index (χ0v) is 9.99. The van der Waals surface area contributed by atoms with Crippen molar-refractivity contribution in [3.63, 3.8) is 0 Å². The molecule has 14 heavy (non-hydrogen) atoms. The third-order valence-corrected chi connectivity index (χ3v) is 2.52. The van der Waals surface area contributed by atoms with E-state index in [1.807, 2.05) is 18.7 Å². The fraction of sp³-hybridized carbons (Fsp3) is 0.900. The summed E-state index contributed by atoms with van der Waals surface area (Å²) in [5.74, 6) is 1.24. The van der Waals surface area contributed by atoms with Crippen LogP contribution in [0.2, 0.25) is 0 Å².